The Balaban J connectivity index is 2.82. The molecule has 3 N–H and O–H groups in total. The zero-order valence-electron chi connectivity index (χ0n) is 11.2. The van der Waals surface area contributed by atoms with Crippen molar-refractivity contribution in [2.45, 2.75) is 26.3 Å². The van der Waals surface area contributed by atoms with Crippen LogP contribution in [0.15, 0.2) is 18.2 Å². The van der Waals surface area contributed by atoms with E-state index in [0.29, 0.717) is 16.3 Å². The van der Waals surface area contributed by atoms with E-state index in [-0.39, 0.29) is 18.0 Å². The molecule has 0 spiro atoms. The Kier molecular flexibility index (Phi) is 5.63. The van der Waals surface area contributed by atoms with E-state index in [0.717, 1.165) is 6.42 Å². The molecular formula is C13H18ClN3O2. The average molecular weight is 284 g/mol. The van der Waals surface area contributed by atoms with Crippen molar-refractivity contribution in [3.05, 3.63) is 28.8 Å². The summed E-state index contributed by atoms with van der Waals surface area (Å²) < 4.78 is 0. The quantitative estimate of drug-likeness (QED) is 0.795. The van der Waals surface area contributed by atoms with Crippen molar-refractivity contribution in [3.63, 3.8) is 0 Å². The van der Waals surface area contributed by atoms with Gasteiger partial charge in [0.05, 0.1) is 10.7 Å². The normalized spacial score (nSPS) is 11.6. The molecule has 1 aromatic carbocycles. The van der Waals surface area contributed by atoms with Crippen LogP contribution in [0.4, 0.5) is 10.5 Å². The molecule has 19 heavy (non-hydrogen) atoms. The lowest BCUT2D eigenvalue weighted by molar-refractivity contribution is 0.0963. The minimum atomic E-state index is -0.342. The molecule has 0 fully saturated rings. The van der Waals surface area contributed by atoms with Crippen LogP contribution in [0.2, 0.25) is 5.02 Å². The van der Waals surface area contributed by atoms with Gasteiger partial charge in [0.1, 0.15) is 0 Å². The fraction of sp³-hybridized carbons (Fsp3) is 0.385. The van der Waals surface area contributed by atoms with E-state index < -0.39 is 0 Å². The minimum absolute atomic E-state index is 0.0703. The average Bonchev–Trinajstić information content (AvgIpc) is 2.40. The summed E-state index contributed by atoms with van der Waals surface area (Å²) in [5.74, 6) is -0.234. The predicted molar refractivity (Wildman–Crippen MR) is 76.7 cm³/mol. The monoisotopic (exact) mass is 283 g/mol. The Labute approximate surface area is 117 Å². The van der Waals surface area contributed by atoms with Crippen molar-refractivity contribution < 1.29 is 9.59 Å². The Morgan fingerprint density at radius 2 is 2.05 bits per heavy atom. The standard InChI is InChI=1S/C13H18ClN3O2/c1-4-8(2)16-13(19)17-11-7-9(12(18)15-3)5-6-10(11)14/h5-8H,4H2,1-3H3,(H,15,18)(H2,16,17,19)/t8-/m1/s1. The molecule has 3 amide bonds. The zero-order chi connectivity index (χ0) is 14.4. The molecule has 1 rings (SSSR count). The molecule has 104 valence electrons. The Hall–Kier alpha value is -1.75. The topological polar surface area (TPSA) is 70.2 Å². The maximum Gasteiger partial charge on any atom is 0.319 e. The Bertz CT molecular complexity index is 477. The van der Waals surface area contributed by atoms with E-state index in [9.17, 15) is 9.59 Å². The van der Waals surface area contributed by atoms with Crippen molar-refractivity contribution in [2.24, 2.45) is 0 Å². The molecule has 0 unspecified atom stereocenters. The summed E-state index contributed by atoms with van der Waals surface area (Å²) >= 11 is 5.98. The number of anilines is 1. The second-order valence-corrected chi connectivity index (χ2v) is 4.59. The maximum atomic E-state index is 11.7. The summed E-state index contributed by atoms with van der Waals surface area (Å²) in [6.07, 6.45) is 0.833. The van der Waals surface area contributed by atoms with Gasteiger partial charge in [0, 0.05) is 18.7 Å². The molecule has 1 aromatic rings. The molecule has 5 nitrogen and oxygen atoms in total. The van der Waals surface area contributed by atoms with Gasteiger partial charge in [-0.3, -0.25) is 4.79 Å². The van der Waals surface area contributed by atoms with E-state index >= 15 is 0 Å². The fourth-order valence-electron chi connectivity index (χ4n) is 1.39. The smallest absolute Gasteiger partial charge is 0.319 e. The second kappa shape index (κ2) is 6.99. The first-order valence-corrected chi connectivity index (χ1v) is 6.44. The third-order valence-corrected chi connectivity index (χ3v) is 3.02. The number of carbonyl (C=O) groups excluding carboxylic acids is 2. The second-order valence-electron chi connectivity index (χ2n) is 4.18. The van der Waals surface area contributed by atoms with E-state index in [4.69, 9.17) is 11.6 Å². The van der Waals surface area contributed by atoms with Crippen LogP contribution in [-0.4, -0.2) is 25.0 Å². The van der Waals surface area contributed by atoms with Gasteiger partial charge in [0.15, 0.2) is 0 Å². The van der Waals surface area contributed by atoms with Crippen molar-refractivity contribution in [1.29, 1.82) is 0 Å². The molecule has 1 atom stereocenters. The van der Waals surface area contributed by atoms with Crippen molar-refractivity contribution in [1.82, 2.24) is 10.6 Å². The minimum Gasteiger partial charge on any atom is -0.355 e. The summed E-state index contributed by atoms with van der Waals surface area (Å²) in [7, 11) is 1.54. The van der Waals surface area contributed by atoms with Crippen LogP contribution >= 0.6 is 11.6 Å². The van der Waals surface area contributed by atoms with E-state index in [1.165, 1.54) is 6.07 Å². The first kappa shape index (κ1) is 15.3. The fourth-order valence-corrected chi connectivity index (χ4v) is 1.56. The Morgan fingerprint density at radius 1 is 1.37 bits per heavy atom. The van der Waals surface area contributed by atoms with Crippen LogP contribution in [0.5, 0.6) is 0 Å². The number of halogens is 1. The molecule has 0 aliphatic rings. The number of hydrogen-bond acceptors (Lipinski definition) is 2. The third-order valence-electron chi connectivity index (χ3n) is 2.69. The van der Waals surface area contributed by atoms with Crippen LogP contribution in [0.25, 0.3) is 0 Å². The zero-order valence-corrected chi connectivity index (χ0v) is 12.0. The summed E-state index contributed by atoms with van der Waals surface area (Å²) in [5, 5.41) is 8.29. The number of nitrogens with one attached hydrogen (secondary N) is 3. The van der Waals surface area contributed by atoms with Crippen LogP contribution in [0.1, 0.15) is 30.6 Å². The molecular weight excluding hydrogens is 266 g/mol. The van der Waals surface area contributed by atoms with Crippen molar-refractivity contribution >= 4 is 29.2 Å². The Morgan fingerprint density at radius 3 is 2.63 bits per heavy atom. The lowest BCUT2D eigenvalue weighted by Gasteiger charge is -2.13. The van der Waals surface area contributed by atoms with Crippen molar-refractivity contribution in [2.75, 3.05) is 12.4 Å². The summed E-state index contributed by atoms with van der Waals surface area (Å²) in [6.45, 7) is 3.88. The number of carbonyl (C=O) groups is 2. The van der Waals surface area contributed by atoms with Gasteiger partial charge in [0.25, 0.3) is 5.91 Å². The lowest BCUT2D eigenvalue weighted by Crippen LogP contribution is -2.35. The number of urea groups is 1. The van der Waals surface area contributed by atoms with Gasteiger partial charge < -0.3 is 16.0 Å². The highest BCUT2D eigenvalue weighted by molar-refractivity contribution is 6.33. The molecule has 0 saturated heterocycles. The highest BCUT2D eigenvalue weighted by Crippen LogP contribution is 2.23. The summed E-state index contributed by atoms with van der Waals surface area (Å²) in [4.78, 5) is 23.2. The van der Waals surface area contributed by atoms with Gasteiger partial charge in [0.2, 0.25) is 0 Å². The van der Waals surface area contributed by atoms with Crippen LogP contribution in [-0.2, 0) is 0 Å². The number of benzene rings is 1. The molecule has 0 aromatic heterocycles. The predicted octanol–water partition coefficient (Wildman–Crippen LogP) is 2.62. The van der Waals surface area contributed by atoms with Crippen LogP contribution < -0.4 is 16.0 Å². The van der Waals surface area contributed by atoms with E-state index in [2.05, 4.69) is 16.0 Å². The molecule has 0 heterocycles. The highest BCUT2D eigenvalue weighted by atomic mass is 35.5. The largest absolute Gasteiger partial charge is 0.355 e. The molecule has 6 heteroatoms. The first-order chi connectivity index (χ1) is 8.97. The SMILES string of the molecule is CC[C@@H](C)NC(=O)Nc1cc(C(=O)NC)ccc1Cl. The van der Waals surface area contributed by atoms with E-state index in [1.807, 2.05) is 13.8 Å². The van der Waals surface area contributed by atoms with Gasteiger partial charge >= 0.3 is 6.03 Å². The number of rotatable bonds is 4. The molecule has 0 aliphatic heterocycles. The maximum absolute atomic E-state index is 11.7. The molecule has 0 saturated carbocycles. The van der Waals surface area contributed by atoms with Gasteiger partial charge in [-0.25, -0.2) is 4.79 Å². The summed E-state index contributed by atoms with van der Waals surface area (Å²) in [6, 6.07) is 4.44. The third kappa shape index (κ3) is 4.44. The molecule has 0 aliphatic carbocycles. The van der Waals surface area contributed by atoms with Gasteiger partial charge in [-0.1, -0.05) is 18.5 Å². The van der Waals surface area contributed by atoms with Gasteiger partial charge in [-0.2, -0.15) is 0 Å². The van der Waals surface area contributed by atoms with Crippen LogP contribution in [0, 0.1) is 0 Å². The number of amides is 3. The molecule has 0 radical (unpaired) electrons. The van der Waals surface area contributed by atoms with Crippen LogP contribution in [0.3, 0.4) is 0 Å². The number of hydrogen-bond donors (Lipinski definition) is 3. The van der Waals surface area contributed by atoms with Gasteiger partial charge in [-0.05, 0) is 31.5 Å². The highest BCUT2D eigenvalue weighted by Gasteiger charge is 2.11. The molecule has 0 bridgehead atoms. The van der Waals surface area contributed by atoms with Crippen molar-refractivity contribution in [3.8, 4) is 0 Å². The summed E-state index contributed by atoms with van der Waals surface area (Å²) in [5.41, 5.74) is 0.842. The van der Waals surface area contributed by atoms with E-state index in [1.54, 1.807) is 19.2 Å². The lowest BCUT2D eigenvalue weighted by atomic mass is 10.2. The van der Waals surface area contributed by atoms with Gasteiger partial charge in [-0.15, -0.1) is 0 Å². The first-order valence-electron chi connectivity index (χ1n) is 6.07.